The number of carbonyl (C=O) groups excluding carboxylic acids is 1. The van der Waals surface area contributed by atoms with Gasteiger partial charge in [0, 0.05) is 43.9 Å². The molecule has 2 atom stereocenters. The lowest BCUT2D eigenvalue weighted by Gasteiger charge is -2.27. The van der Waals surface area contributed by atoms with E-state index in [2.05, 4.69) is 21.4 Å². The van der Waals surface area contributed by atoms with Crippen LogP contribution in [0.15, 0.2) is 12.5 Å². The molecule has 3 rings (SSSR count). The number of carbonyl (C=O) groups is 1. The van der Waals surface area contributed by atoms with Crippen molar-refractivity contribution < 1.29 is 4.79 Å². The maximum atomic E-state index is 12.4. The number of aromatic nitrogens is 2. The van der Waals surface area contributed by atoms with E-state index in [0.29, 0.717) is 11.8 Å². The van der Waals surface area contributed by atoms with E-state index in [1.165, 1.54) is 5.69 Å². The molecule has 1 saturated heterocycles. The molecule has 17 heavy (non-hydrogen) atoms. The molecule has 0 spiro atoms. The number of amides is 1. The highest BCUT2D eigenvalue weighted by atomic mass is 16.2. The van der Waals surface area contributed by atoms with Crippen molar-refractivity contribution in [2.75, 3.05) is 13.1 Å². The predicted molar refractivity (Wildman–Crippen MR) is 64.4 cm³/mol. The Balaban J connectivity index is 1.68. The van der Waals surface area contributed by atoms with Gasteiger partial charge in [0.15, 0.2) is 0 Å². The van der Waals surface area contributed by atoms with Crippen molar-refractivity contribution in [1.29, 1.82) is 0 Å². The van der Waals surface area contributed by atoms with Crippen molar-refractivity contribution in [1.82, 2.24) is 14.5 Å². The van der Waals surface area contributed by atoms with Crippen LogP contribution in [0.3, 0.4) is 0 Å². The molecule has 0 N–H and O–H groups in total. The number of likely N-dealkylation sites (tertiary alicyclic amines) is 1. The maximum Gasteiger partial charge on any atom is 0.226 e. The zero-order valence-electron chi connectivity index (χ0n) is 10.3. The van der Waals surface area contributed by atoms with Crippen LogP contribution in [0.5, 0.6) is 0 Å². The average Bonchev–Trinajstić information content (AvgIpc) is 2.95. The van der Waals surface area contributed by atoms with E-state index in [-0.39, 0.29) is 5.92 Å². The summed E-state index contributed by atoms with van der Waals surface area (Å²) in [5.41, 5.74) is 1.21. The van der Waals surface area contributed by atoms with E-state index in [1.807, 2.05) is 12.5 Å². The van der Waals surface area contributed by atoms with Gasteiger partial charge in [-0.05, 0) is 18.8 Å². The van der Waals surface area contributed by atoms with Crippen LogP contribution in [-0.2, 0) is 17.8 Å². The Labute approximate surface area is 102 Å². The van der Waals surface area contributed by atoms with E-state index in [1.54, 1.807) is 0 Å². The predicted octanol–water partition coefficient (Wildman–Crippen LogP) is 1.31. The van der Waals surface area contributed by atoms with E-state index in [4.69, 9.17) is 0 Å². The minimum absolute atomic E-state index is 0.185. The molecule has 2 unspecified atom stereocenters. The quantitative estimate of drug-likeness (QED) is 0.733. The second-order valence-corrected chi connectivity index (χ2v) is 5.45. The summed E-state index contributed by atoms with van der Waals surface area (Å²) >= 11 is 0. The second kappa shape index (κ2) is 4.17. The van der Waals surface area contributed by atoms with Crippen molar-refractivity contribution in [2.45, 2.75) is 32.7 Å². The number of nitrogens with zero attached hydrogens (tertiary/aromatic N) is 3. The molecule has 4 nitrogen and oxygen atoms in total. The zero-order chi connectivity index (χ0) is 11.8. The van der Waals surface area contributed by atoms with Crippen molar-refractivity contribution in [3.05, 3.63) is 18.2 Å². The molecular weight excluding hydrogens is 214 g/mol. The van der Waals surface area contributed by atoms with Crippen LogP contribution < -0.4 is 0 Å². The smallest absolute Gasteiger partial charge is 0.226 e. The van der Waals surface area contributed by atoms with Gasteiger partial charge in [0.05, 0.1) is 6.33 Å². The Hall–Kier alpha value is -1.32. The average molecular weight is 233 g/mol. The van der Waals surface area contributed by atoms with Crippen molar-refractivity contribution >= 4 is 5.91 Å². The molecule has 0 aliphatic carbocycles. The van der Waals surface area contributed by atoms with Crippen LogP contribution in [0, 0.1) is 11.8 Å². The van der Waals surface area contributed by atoms with Gasteiger partial charge < -0.3 is 9.47 Å². The highest BCUT2D eigenvalue weighted by Gasteiger charge is 2.31. The molecular formula is C13H19N3O. The van der Waals surface area contributed by atoms with E-state index in [0.717, 1.165) is 38.9 Å². The summed E-state index contributed by atoms with van der Waals surface area (Å²) in [6.45, 7) is 5.07. The van der Waals surface area contributed by atoms with Gasteiger partial charge >= 0.3 is 0 Å². The van der Waals surface area contributed by atoms with Gasteiger partial charge in [0.25, 0.3) is 0 Å². The monoisotopic (exact) mass is 233 g/mol. The topological polar surface area (TPSA) is 38.1 Å². The third-order valence-electron chi connectivity index (χ3n) is 4.06. The summed E-state index contributed by atoms with van der Waals surface area (Å²) in [6.07, 6.45) is 6.76. The Morgan fingerprint density at radius 2 is 2.29 bits per heavy atom. The van der Waals surface area contributed by atoms with E-state index in [9.17, 15) is 4.79 Å². The molecule has 1 fully saturated rings. The summed E-state index contributed by atoms with van der Waals surface area (Å²) in [4.78, 5) is 18.6. The number of aryl methyl sites for hydroxylation is 1. The molecule has 1 aromatic heterocycles. The number of hydrogen-bond donors (Lipinski definition) is 0. The first kappa shape index (κ1) is 10.8. The number of hydrogen-bond acceptors (Lipinski definition) is 2. The van der Waals surface area contributed by atoms with Crippen LogP contribution >= 0.6 is 0 Å². The van der Waals surface area contributed by atoms with Gasteiger partial charge in [-0.2, -0.15) is 0 Å². The van der Waals surface area contributed by atoms with Gasteiger partial charge in [-0.15, -0.1) is 0 Å². The number of fused-ring (bicyclic) bond motifs is 1. The van der Waals surface area contributed by atoms with Crippen molar-refractivity contribution in [3.63, 3.8) is 0 Å². The van der Waals surface area contributed by atoms with E-state index < -0.39 is 0 Å². The minimum Gasteiger partial charge on any atom is -0.342 e. The van der Waals surface area contributed by atoms with Crippen LogP contribution in [0.4, 0.5) is 0 Å². The second-order valence-electron chi connectivity index (χ2n) is 5.45. The van der Waals surface area contributed by atoms with Gasteiger partial charge in [0.1, 0.15) is 0 Å². The molecule has 2 aliphatic rings. The third kappa shape index (κ3) is 1.96. The lowest BCUT2D eigenvalue weighted by molar-refractivity contribution is -0.135. The normalized spacial score (nSPS) is 28.2. The van der Waals surface area contributed by atoms with Crippen LogP contribution in [0.2, 0.25) is 0 Å². The van der Waals surface area contributed by atoms with Gasteiger partial charge in [-0.3, -0.25) is 4.79 Å². The summed E-state index contributed by atoms with van der Waals surface area (Å²) in [5.74, 6) is 1.22. The van der Waals surface area contributed by atoms with Crippen molar-refractivity contribution in [2.24, 2.45) is 11.8 Å². The largest absolute Gasteiger partial charge is 0.342 e. The standard InChI is InChI=1S/C13H19N3O/c1-10-2-4-15(8-10)13(17)11-3-5-16-9-14-7-12(16)6-11/h7,9-11H,2-6,8H2,1H3. The van der Waals surface area contributed by atoms with Gasteiger partial charge in [-0.1, -0.05) is 6.92 Å². The Kier molecular flexibility index (Phi) is 2.65. The number of rotatable bonds is 1. The lowest BCUT2D eigenvalue weighted by atomic mass is 9.95. The number of imidazole rings is 1. The molecule has 92 valence electrons. The first-order valence-electron chi connectivity index (χ1n) is 6.52. The summed E-state index contributed by atoms with van der Waals surface area (Å²) < 4.78 is 2.16. The molecule has 0 saturated carbocycles. The van der Waals surface area contributed by atoms with Crippen molar-refractivity contribution in [3.8, 4) is 0 Å². The zero-order valence-corrected chi connectivity index (χ0v) is 10.3. The first-order valence-corrected chi connectivity index (χ1v) is 6.52. The van der Waals surface area contributed by atoms with Crippen LogP contribution in [0.1, 0.15) is 25.5 Å². The molecule has 2 aliphatic heterocycles. The molecule has 3 heterocycles. The van der Waals surface area contributed by atoms with Crippen LogP contribution in [0.25, 0.3) is 0 Å². The fraction of sp³-hybridized carbons (Fsp3) is 0.692. The first-order chi connectivity index (χ1) is 8.24. The lowest BCUT2D eigenvalue weighted by Crippen LogP contribution is -2.37. The van der Waals surface area contributed by atoms with Gasteiger partial charge in [-0.25, -0.2) is 4.98 Å². The fourth-order valence-corrected chi connectivity index (χ4v) is 2.97. The molecule has 0 radical (unpaired) electrons. The highest BCUT2D eigenvalue weighted by Crippen LogP contribution is 2.24. The fourth-order valence-electron chi connectivity index (χ4n) is 2.97. The molecule has 0 aromatic carbocycles. The third-order valence-corrected chi connectivity index (χ3v) is 4.06. The Bertz CT molecular complexity index is 426. The molecule has 4 heteroatoms. The Morgan fingerprint density at radius 1 is 1.41 bits per heavy atom. The SMILES string of the molecule is CC1CCN(C(=O)C2CCn3cncc3C2)C1. The van der Waals surface area contributed by atoms with E-state index >= 15 is 0 Å². The Morgan fingerprint density at radius 3 is 3.06 bits per heavy atom. The summed E-state index contributed by atoms with van der Waals surface area (Å²) in [7, 11) is 0. The van der Waals surface area contributed by atoms with Gasteiger partial charge in [0.2, 0.25) is 5.91 Å². The molecule has 1 aromatic rings. The molecule has 0 bridgehead atoms. The highest BCUT2D eigenvalue weighted by molar-refractivity contribution is 5.79. The van der Waals surface area contributed by atoms with Crippen LogP contribution in [-0.4, -0.2) is 33.4 Å². The molecule has 1 amide bonds. The maximum absolute atomic E-state index is 12.4. The summed E-state index contributed by atoms with van der Waals surface area (Å²) in [5, 5.41) is 0. The summed E-state index contributed by atoms with van der Waals surface area (Å²) in [6, 6.07) is 0. The minimum atomic E-state index is 0.185.